The summed E-state index contributed by atoms with van der Waals surface area (Å²) in [5.74, 6) is 0. The van der Waals surface area contributed by atoms with E-state index in [2.05, 4.69) is 144 Å². The van der Waals surface area contributed by atoms with Crippen molar-refractivity contribution in [2.75, 3.05) is 0 Å². The summed E-state index contributed by atoms with van der Waals surface area (Å²) >= 11 is 0. The third kappa shape index (κ3) is 5.28. The smallest absolute Gasteiger partial charge is 0.171 e. The van der Waals surface area contributed by atoms with Gasteiger partial charge in [0.25, 0.3) is 0 Å². The van der Waals surface area contributed by atoms with Gasteiger partial charge in [0.05, 0.1) is 22.2 Å². The second-order valence-electron chi connectivity index (χ2n) is 14.6. The maximum Gasteiger partial charge on any atom is 0.171 e. The normalized spacial score (nSPS) is 11.9. The van der Waals surface area contributed by atoms with E-state index in [-0.39, 0.29) is 0 Å². The predicted octanol–water partition coefficient (Wildman–Crippen LogP) is 12.6. The molecule has 57 heavy (non-hydrogen) atoms. The zero-order valence-corrected chi connectivity index (χ0v) is 31.9. The molecule has 11 rings (SSSR count). The molecule has 268 valence electrons. The second-order valence-corrected chi connectivity index (χ2v) is 17.4. The lowest BCUT2D eigenvalue weighted by Gasteiger charge is -2.21. The maximum atomic E-state index is 15.5. The Bertz CT molecular complexity index is 3270. The first kappa shape index (κ1) is 33.3. The minimum atomic E-state index is -3.22. The maximum absolute atomic E-state index is 15.5. The van der Waals surface area contributed by atoms with Gasteiger partial charge in [0.2, 0.25) is 0 Å². The van der Waals surface area contributed by atoms with Gasteiger partial charge in [-0.25, -0.2) is 4.98 Å². The molecule has 0 radical (unpaired) electrons. The van der Waals surface area contributed by atoms with E-state index in [9.17, 15) is 0 Å². The van der Waals surface area contributed by atoms with Gasteiger partial charge in [-0.3, -0.25) is 0 Å². The minimum Gasteiger partial charge on any atom is -0.309 e. The monoisotopic (exact) mass is 746 g/mol. The van der Waals surface area contributed by atoms with Crippen molar-refractivity contribution >= 4 is 77.3 Å². The highest BCUT2D eigenvalue weighted by atomic mass is 31.2. The zero-order valence-electron chi connectivity index (χ0n) is 31.0. The minimum absolute atomic E-state index is 0.780. The van der Waals surface area contributed by atoms with Gasteiger partial charge in [0.15, 0.2) is 7.14 Å². The highest BCUT2D eigenvalue weighted by Gasteiger charge is 2.30. The molecule has 9 aromatic carbocycles. The van der Waals surface area contributed by atoms with Crippen LogP contribution in [0.3, 0.4) is 0 Å². The SMILES string of the molecule is O=P(c1ccccc1)(c1ccccc1)c1cccc(-c2nc3c(-c4ccc(-n5c6ccccc6c6ccccc65)cc4)cccc3c3c2ccc2ccccc23)c1. The molecule has 0 saturated heterocycles. The number of hydrogen-bond donors (Lipinski definition) is 0. The van der Waals surface area contributed by atoms with E-state index < -0.39 is 7.14 Å². The van der Waals surface area contributed by atoms with Gasteiger partial charge in [0.1, 0.15) is 0 Å². The van der Waals surface area contributed by atoms with Crippen molar-refractivity contribution in [1.29, 1.82) is 0 Å². The van der Waals surface area contributed by atoms with Crippen molar-refractivity contribution in [3.8, 4) is 28.1 Å². The van der Waals surface area contributed by atoms with E-state index in [1.54, 1.807) is 0 Å². The molecule has 11 aromatic rings. The first-order chi connectivity index (χ1) is 28.2. The third-order valence-corrected chi connectivity index (χ3v) is 14.5. The van der Waals surface area contributed by atoms with Crippen LogP contribution in [0, 0.1) is 0 Å². The van der Waals surface area contributed by atoms with Crippen molar-refractivity contribution in [1.82, 2.24) is 9.55 Å². The zero-order chi connectivity index (χ0) is 37.9. The third-order valence-electron chi connectivity index (χ3n) is 11.5. The number of hydrogen-bond acceptors (Lipinski definition) is 2. The van der Waals surface area contributed by atoms with Crippen molar-refractivity contribution < 1.29 is 4.57 Å². The lowest BCUT2D eigenvalue weighted by atomic mass is 9.93. The van der Waals surface area contributed by atoms with Crippen LogP contribution < -0.4 is 15.9 Å². The Labute approximate surface area is 330 Å². The molecule has 0 N–H and O–H groups in total. The number of para-hydroxylation sites is 3. The predicted molar refractivity (Wildman–Crippen MR) is 241 cm³/mol. The van der Waals surface area contributed by atoms with Crippen LogP contribution in [0.4, 0.5) is 0 Å². The molecule has 4 heteroatoms. The Balaban J connectivity index is 1.13. The summed E-state index contributed by atoms with van der Waals surface area (Å²) in [6.45, 7) is 0. The van der Waals surface area contributed by atoms with Crippen LogP contribution >= 0.6 is 7.14 Å². The van der Waals surface area contributed by atoms with Gasteiger partial charge in [-0.2, -0.15) is 0 Å². The van der Waals surface area contributed by atoms with E-state index >= 15 is 4.57 Å². The number of pyridine rings is 1. The Kier molecular flexibility index (Phi) is 7.77. The summed E-state index contributed by atoms with van der Waals surface area (Å²) in [7, 11) is -3.22. The molecule has 0 saturated carbocycles. The quantitative estimate of drug-likeness (QED) is 0.125. The highest BCUT2D eigenvalue weighted by molar-refractivity contribution is 7.85. The fourth-order valence-electron chi connectivity index (χ4n) is 8.81. The number of rotatable bonds is 6. The van der Waals surface area contributed by atoms with Crippen molar-refractivity contribution in [3.63, 3.8) is 0 Å². The molecule has 0 atom stereocenters. The Morgan fingerprint density at radius 2 is 0.965 bits per heavy atom. The van der Waals surface area contributed by atoms with Gasteiger partial charge >= 0.3 is 0 Å². The number of aromatic nitrogens is 2. The van der Waals surface area contributed by atoms with Gasteiger partial charge in [0, 0.05) is 59.7 Å². The molecular formula is C53H35N2OP. The van der Waals surface area contributed by atoms with E-state index in [4.69, 9.17) is 4.98 Å². The first-order valence-corrected chi connectivity index (χ1v) is 21.0. The summed E-state index contributed by atoms with van der Waals surface area (Å²) in [6.07, 6.45) is 0. The van der Waals surface area contributed by atoms with Crippen molar-refractivity contribution in [2.24, 2.45) is 0 Å². The number of benzene rings is 9. The molecule has 2 heterocycles. The van der Waals surface area contributed by atoms with E-state index in [1.165, 1.54) is 32.6 Å². The average molecular weight is 747 g/mol. The molecule has 2 aromatic heterocycles. The average Bonchev–Trinajstić information content (AvgIpc) is 3.63. The molecule has 0 bridgehead atoms. The van der Waals surface area contributed by atoms with Gasteiger partial charge < -0.3 is 9.13 Å². The van der Waals surface area contributed by atoms with Crippen LogP contribution in [-0.4, -0.2) is 9.55 Å². The Morgan fingerprint density at radius 3 is 1.65 bits per heavy atom. The molecule has 0 aliphatic heterocycles. The van der Waals surface area contributed by atoms with Crippen LogP contribution in [-0.2, 0) is 4.57 Å². The lowest BCUT2D eigenvalue weighted by molar-refractivity contribution is 0.592. The molecule has 0 aliphatic carbocycles. The number of fused-ring (bicyclic) bond motifs is 8. The van der Waals surface area contributed by atoms with Gasteiger partial charge in [-0.05, 0) is 46.7 Å². The van der Waals surface area contributed by atoms with Crippen LogP contribution in [0.5, 0.6) is 0 Å². The van der Waals surface area contributed by atoms with Gasteiger partial charge in [-0.15, -0.1) is 0 Å². The Hall–Kier alpha value is -7.06. The largest absolute Gasteiger partial charge is 0.309 e. The van der Waals surface area contributed by atoms with Crippen molar-refractivity contribution in [2.45, 2.75) is 0 Å². The molecule has 0 spiro atoms. The highest BCUT2D eigenvalue weighted by Crippen LogP contribution is 2.45. The summed E-state index contributed by atoms with van der Waals surface area (Å²) < 4.78 is 17.9. The fraction of sp³-hybridized carbons (Fsp3) is 0. The lowest BCUT2D eigenvalue weighted by Crippen LogP contribution is -2.25. The molecule has 0 fully saturated rings. The standard InChI is InChI=1S/C53H35N2OP/c56-57(40-17-3-1-4-18-40,41-19-5-2-6-20-41)42-21-13-16-38(35-42)52-48-34-31-36-15-7-8-22-43(36)51(48)47-26-14-25-44(53(47)54-52)37-29-32-39(33-30-37)55-49-27-11-9-23-45(49)46-24-10-12-28-50(46)55/h1-35H. The summed E-state index contributed by atoms with van der Waals surface area (Å²) in [4.78, 5) is 5.58. The summed E-state index contributed by atoms with van der Waals surface area (Å²) in [5.41, 5.74) is 8.37. The van der Waals surface area contributed by atoms with Crippen LogP contribution in [0.2, 0.25) is 0 Å². The summed E-state index contributed by atoms with van der Waals surface area (Å²) in [6, 6.07) is 73.6. The molecule has 0 aliphatic rings. The van der Waals surface area contributed by atoms with E-state index in [0.29, 0.717) is 0 Å². The Morgan fingerprint density at radius 1 is 0.404 bits per heavy atom. The molecular weight excluding hydrogens is 712 g/mol. The molecule has 3 nitrogen and oxygen atoms in total. The number of nitrogens with zero attached hydrogens (tertiary/aromatic N) is 2. The fourth-order valence-corrected chi connectivity index (χ4v) is 11.5. The molecule has 0 amide bonds. The van der Waals surface area contributed by atoms with Gasteiger partial charge in [-0.1, -0.05) is 182 Å². The van der Waals surface area contributed by atoms with E-state index in [1.807, 2.05) is 72.8 Å². The van der Waals surface area contributed by atoms with E-state index in [0.717, 1.165) is 65.7 Å². The van der Waals surface area contributed by atoms with Crippen molar-refractivity contribution in [3.05, 3.63) is 212 Å². The van der Waals surface area contributed by atoms with Crippen LogP contribution in [0.15, 0.2) is 212 Å². The first-order valence-electron chi connectivity index (χ1n) is 19.3. The molecule has 0 unspecified atom stereocenters. The second kappa shape index (κ2) is 13.3. The van der Waals surface area contributed by atoms with Crippen LogP contribution in [0.1, 0.15) is 0 Å². The summed E-state index contributed by atoms with van der Waals surface area (Å²) in [5, 5.41) is 10.6. The topological polar surface area (TPSA) is 34.9 Å². The van der Waals surface area contributed by atoms with Crippen LogP contribution in [0.25, 0.3) is 82.3 Å².